The van der Waals surface area contributed by atoms with Crippen molar-refractivity contribution < 1.29 is 9.59 Å². The Morgan fingerprint density at radius 3 is 2.92 bits per heavy atom. The standard InChI is InChI=1S/C18H21N5O2S/c1-3-4-8-15-20-21-18(26-15)19-17(25)14-9-10-16(24)23(22-14)13-7-5-6-12(2)11-13/h5-7,11H,3-4,8-10H2,1-2H3,(H,19,21,25). The van der Waals surface area contributed by atoms with Crippen LogP contribution in [0.4, 0.5) is 10.8 Å². The van der Waals surface area contributed by atoms with Crippen LogP contribution in [0.25, 0.3) is 0 Å². The van der Waals surface area contributed by atoms with Crippen LogP contribution in [0.3, 0.4) is 0 Å². The molecular formula is C18H21N5O2S. The Morgan fingerprint density at radius 1 is 1.31 bits per heavy atom. The topological polar surface area (TPSA) is 87.6 Å². The number of carbonyl (C=O) groups excluding carboxylic acids is 2. The smallest absolute Gasteiger partial charge is 0.273 e. The molecule has 7 nitrogen and oxygen atoms in total. The van der Waals surface area contributed by atoms with Gasteiger partial charge in [-0.1, -0.05) is 36.8 Å². The van der Waals surface area contributed by atoms with Gasteiger partial charge in [0.15, 0.2) is 0 Å². The Hall–Kier alpha value is -2.61. The molecule has 0 saturated heterocycles. The molecule has 2 amide bonds. The Kier molecular flexibility index (Phi) is 5.72. The summed E-state index contributed by atoms with van der Waals surface area (Å²) in [5.41, 5.74) is 2.00. The third-order valence-corrected chi connectivity index (χ3v) is 4.87. The highest BCUT2D eigenvalue weighted by atomic mass is 32.1. The first-order chi connectivity index (χ1) is 12.6. The summed E-state index contributed by atoms with van der Waals surface area (Å²) in [5.74, 6) is -0.460. The number of rotatable bonds is 6. The monoisotopic (exact) mass is 371 g/mol. The molecule has 1 aliphatic rings. The maximum Gasteiger partial charge on any atom is 0.273 e. The van der Waals surface area contributed by atoms with E-state index in [0.717, 1.165) is 29.8 Å². The van der Waals surface area contributed by atoms with E-state index in [0.29, 0.717) is 23.0 Å². The van der Waals surface area contributed by atoms with Crippen LogP contribution >= 0.6 is 11.3 Å². The number of unbranched alkanes of at least 4 members (excludes halogenated alkanes) is 1. The molecule has 1 aromatic carbocycles. The van der Waals surface area contributed by atoms with Crippen LogP contribution in [-0.2, 0) is 16.0 Å². The van der Waals surface area contributed by atoms with Gasteiger partial charge in [0, 0.05) is 19.3 Å². The first kappa shape index (κ1) is 18.2. The van der Waals surface area contributed by atoms with Crippen LogP contribution in [0.15, 0.2) is 29.4 Å². The van der Waals surface area contributed by atoms with Crippen LogP contribution in [0.5, 0.6) is 0 Å². The van der Waals surface area contributed by atoms with Gasteiger partial charge in [0.25, 0.3) is 5.91 Å². The van der Waals surface area contributed by atoms with Crippen LogP contribution in [0.1, 0.15) is 43.2 Å². The van der Waals surface area contributed by atoms with Gasteiger partial charge in [-0.25, -0.2) is 5.01 Å². The van der Waals surface area contributed by atoms with Crippen molar-refractivity contribution in [3.63, 3.8) is 0 Å². The molecule has 1 aromatic heterocycles. The van der Waals surface area contributed by atoms with Gasteiger partial charge in [-0.2, -0.15) is 5.10 Å². The van der Waals surface area contributed by atoms with Gasteiger partial charge in [-0.15, -0.1) is 10.2 Å². The second-order valence-electron chi connectivity index (χ2n) is 6.15. The number of anilines is 2. The number of hydrogen-bond donors (Lipinski definition) is 1. The number of benzene rings is 1. The van der Waals surface area contributed by atoms with Gasteiger partial charge >= 0.3 is 0 Å². The molecule has 3 rings (SSSR count). The van der Waals surface area contributed by atoms with Gasteiger partial charge in [0.05, 0.1) is 5.69 Å². The van der Waals surface area contributed by atoms with Crippen molar-refractivity contribution in [1.82, 2.24) is 10.2 Å². The molecule has 2 aromatic rings. The minimum Gasteiger partial charge on any atom is -0.295 e. The number of hydrazone groups is 1. The summed E-state index contributed by atoms with van der Waals surface area (Å²) in [6.07, 6.45) is 3.55. The lowest BCUT2D eigenvalue weighted by Crippen LogP contribution is -2.36. The predicted octanol–water partition coefficient (Wildman–Crippen LogP) is 3.31. The maximum atomic E-state index is 12.5. The van der Waals surface area contributed by atoms with E-state index in [4.69, 9.17) is 0 Å². The second-order valence-corrected chi connectivity index (χ2v) is 7.21. The average Bonchev–Trinajstić information content (AvgIpc) is 3.07. The molecule has 2 heterocycles. The number of amides is 2. The number of aryl methyl sites for hydroxylation is 2. The van der Waals surface area contributed by atoms with Gasteiger partial charge < -0.3 is 0 Å². The third kappa shape index (κ3) is 4.32. The average molecular weight is 371 g/mol. The molecule has 0 saturated carbocycles. The summed E-state index contributed by atoms with van der Waals surface area (Å²) in [7, 11) is 0. The zero-order valence-electron chi connectivity index (χ0n) is 14.9. The summed E-state index contributed by atoms with van der Waals surface area (Å²) >= 11 is 1.38. The summed E-state index contributed by atoms with van der Waals surface area (Å²) in [5, 5.41) is 17.8. The van der Waals surface area contributed by atoms with E-state index in [1.807, 2.05) is 25.1 Å². The van der Waals surface area contributed by atoms with Crippen LogP contribution in [0, 0.1) is 6.92 Å². The minimum absolute atomic E-state index is 0.120. The fraction of sp³-hybridized carbons (Fsp3) is 0.389. The number of carbonyl (C=O) groups is 2. The lowest BCUT2D eigenvalue weighted by atomic mass is 10.1. The van der Waals surface area contributed by atoms with Crippen molar-refractivity contribution in [3.8, 4) is 0 Å². The van der Waals surface area contributed by atoms with Crippen molar-refractivity contribution in [1.29, 1.82) is 0 Å². The van der Waals surface area contributed by atoms with Crippen LogP contribution < -0.4 is 10.3 Å². The normalized spacial score (nSPS) is 14.3. The molecule has 0 radical (unpaired) electrons. The summed E-state index contributed by atoms with van der Waals surface area (Å²) in [6.45, 7) is 4.06. The number of nitrogens with zero attached hydrogens (tertiary/aromatic N) is 4. The van der Waals surface area contributed by atoms with Gasteiger partial charge in [0.1, 0.15) is 10.7 Å². The molecule has 1 aliphatic heterocycles. The van der Waals surface area contributed by atoms with E-state index < -0.39 is 0 Å². The van der Waals surface area contributed by atoms with Gasteiger partial charge in [0.2, 0.25) is 11.0 Å². The Morgan fingerprint density at radius 2 is 2.15 bits per heavy atom. The summed E-state index contributed by atoms with van der Waals surface area (Å²) in [6, 6.07) is 7.48. The van der Waals surface area contributed by atoms with E-state index in [9.17, 15) is 9.59 Å². The molecular weight excluding hydrogens is 350 g/mol. The van der Waals surface area contributed by atoms with E-state index in [1.54, 1.807) is 6.07 Å². The fourth-order valence-corrected chi connectivity index (χ4v) is 3.36. The number of aromatic nitrogens is 2. The highest BCUT2D eigenvalue weighted by Gasteiger charge is 2.26. The number of nitrogens with one attached hydrogen (secondary N) is 1. The zero-order chi connectivity index (χ0) is 18.5. The van der Waals surface area contributed by atoms with Crippen molar-refractivity contribution in [3.05, 3.63) is 34.8 Å². The Labute approximate surface area is 156 Å². The van der Waals surface area contributed by atoms with Crippen LogP contribution in [0.2, 0.25) is 0 Å². The zero-order valence-corrected chi connectivity index (χ0v) is 15.7. The first-order valence-electron chi connectivity index (χ1n) is 8.67. The molecule has 26 heavy (non-hydrogen) atoms. The predicted molar refractivity (Wildman–Crippen MR) is 102 cm³/mol. The molecule has 0 bridgehead atoms. The Balaban J connectivity index is 1.73. The highest BCUT2D eigenvalue weighted by Crippen LogP contribution is 2.22. The molecule has 0 spiro atoms. The second kappa shape index (κ2) is 8.18. The lowest BCUT2D eigenvalue weighted by molar-refractivity contribution is -0.118. The highest BCUT2D eigenvalue weighted by molar-refractivity contribution is 7.15. The minimum atomic E-state index is -0.339. The largest absolute Gasteiger partial charge is 0.295 e. The molecule has 0 unspecified atom stereocenters. The molecule has 1 N–H and O–H groups in total. The molecule has 8 heteroatoms. The van der Waals surface area contributed by atoms with E-state index in [1.165, 1.54) is 16.3 Å². The summed E-state index contributed by atoms with van der Waals surface area (Å²) in [4.78, 5) is 24.7. The third-order valence-electron chi connectivity index (χ3n) is 3.97. The maximum absolute atomic E-state index is 12.5. The van der Waals surface area contributed by atoms with Crippen molar-refractivity contribution >= 4 is 39.7 Å². The SMILES string of the molecule is CCCCc1nnc(NC(=O)C2=NN(c3cccc(C)c3)C(=O)CC2)s1. The Bertz CT molecular complexity index is 846. The van der Waals surface area contributed by atoms with E-state index >= 15 is 0 Å². The quantitative estimate of drug-likeness (QED) is 0.844. The lowest BCUT2D eigenvalue weighted by Gasteiger charge is -2.23. The van der Waals surface area contributed by atoms with E-state index in [-0.39, 0.29) is 18.2 Å². The fourth-order valence-electron chi connectivity index (χ4n) is 2.58. The molecule has 0 aliphatic carbocycles. The first-order valence-corrected chi connectivity index (χ1v) is 9.49. The van der Waals surface area contributed by atoms with Gasteiger partial charge in [-0.05, 0) is 31.0 Å². The summed E-state index contributed by atoms with van der Waals surface area (Å²) < 4.78 is 0. The van der Waals surface area contributed by atoms with Gasteiger partial charge in [-0.3, -0.25) is 14.9 Å². The molecule has 0 atom stereocenters. The van der Waals surface area contributed by atoms with Crippen molar-refractivity contribution in [2.45, 2.75) is 46.0 Å². The van der Waals surface area contributed by atoms with Crippen molar-refractivity contribution in [2.24, 2.45) is 5.10 Å². The van der Waals surface area contributed by atoms with E-state index in [2.05, 4.69) is 27.5 Å². The van der Waals surface area contributed by atoms with Crippen LogP contribution in [-0.4, -0.2) is 27.7 Å². The number of hydrogen-bond acceptors (Lipinski definition) is 6. The molecule has 0 fully saturated rings. The van der Waals surface area contributed by atoms with Crippen molar-refractivity contribution in [2.75, 3.05) is 10.3 Å². The molecule has 136 valence electrons.